The minimum Gasteiger partial charge on any atom is -0.372 e. The molecule has 1 unspecified atom stereocenters. The second-order valence-corrected chi connectivity index (χ2v) is 5.37. The number of hydrogen-bond donors (Lipinski definition) is 1. The van der Waals surface area contributed by atoms with Gasteiger partial charge in [-0.2, -0.15) is 0 Å². The highest BCUT2D eigenvalue weighted by Crippen LogP contribution is 2.19. The number of halogens is 1. The van der Waals surface area contributed by atoms with Crippen molar-refractivity contribution in [1.82, 2.24) is 4.90 Å². The van der Waals surface area contributed by atoms with Crippen molar-refractivity contribution in [3.8, 4) is 0 Å². The molecule has 1 aromatic rings. The van der Waals surface area contributed by atoms with Gasteiger partial charge in [0.1, 0.15) is 5.82 Å². The molecule has 2 atom stereocenters. The fraction of sp³-hybridized carbons (Fsp3) is 0.625. The molecule has 3 nitrogen and oxygen atoms in total. The molecule has 2 rings (SSSR count). The molecule has 1 aliphatic heterocycles. The van der Waals surface area contributed by atoms with E-state index in [2.05, 4.69) is 11.9 Å². The lowest BCUT2D eigenvalue weighted by molar-refractivity contribution is -0.0562. The van der Waals surface area contributed by atoms with Crippen LogP contribution in [0.2, 0.25) is 0 Å². The van der Waals surface area contributed by atoms with Gasteiger partial charge in [0.2, 0.25) is 0 Å². The minimum absolute atomic E-state index is 0. The average molecular weight is 282 g/mol. The summed E-state index contributed by atoms with van der Waals surface area (Å²) >= 11 is 0. The van der Waals surface area contributed by atoms with E-state index in [1.54, 1.807) is 0 Å². The molecule has 1 saturated heterocycles. The van der Waals surface area contributed by atoms with Gasteiger partial charge in [-0.3, -0.25) is 4.90 Å². The van der Waals surface area contributed by atoms with Gasteiger partial charge in [-0.25, -0.2) is 4.39 Å². The smallest absolute Gasteiger partial charge is 0.123 e. The van der Waals surface area contributed by atoms with Crippen LogP contribution in [0.1, 0.15) is 32.3 Å². The maximum Gasteiger partial charge on any atom is 0.123 e. The topological polar surface area (TPSA) is 38.5 Å². The molecule has 20 heavy (non-hydrogen) atoms. The van der Waals surface area contributed by atoms with E-state index < -0.39 is 0 Å². The fourth-order valence-electron chi connectivity index (χ4n) is 2.60. The van der Waals surface area contributed by atoms with E-state index in [-0.39, 0.29) is 25.5 Å². The fourth-order valence-corrected chi connectivity index (χ4v) is 2.60. The summed E-state index contributed by atoms with van der Waals surface area (Å²) in [5.74, 6) is -0.187. The maximum absolute atomic E-state index is 12.8. The summed E-state index contributed by atoms with van der Waals surface area (Å²) in [6.07, 6.45) is 3.86. The van der Waals surface area contributed by atoms with E-state index in [9.17, 15) is 4.39 Å². The van der Waals surface area contributed by atoms with Crippen molar-refractivity contribution < 1.29 is 9.13 Å². The van der Waals surface area contributed by atoms with Gasteiger partial charge in [0.15, 0.2) is 0 Å². The Morgan fingerprint density at radius 2 is 1.90 bits per heavy atom. The van der Waals surface area contributed by atoms with Crippen LogP contribution >= 0.6 is 0 Å². The molecule has 114 valence electrons. The third-order valence-electron chi connectivity index (χ3n) is 3.58. The third-order valence-corrected chi connectivity index (χ3v) is 3.58. The molecule has 1 aliphatic rings. The zero-order chi connectivity index (χ0) is 13.7. The summed E-state index contributed by atoms with van der Waals surface area (Å²) in [7, 11) is 2.07. The molecule has 0 spiro atoms. The van der Waals surface area contributed by atoms with Crippen LogP contribution in [0.5, 0.6) is 0 Å². The predicted octanol–water partition coefficient (Wildman–Crippen LogP) is 2.79. The molecule has 0 saturated carbocycles. The summed E-state index contributed by atoms with van der Waals surface area (Å²) < 4.78 is 18.8. The number of benzene rings is 1. The second kappa shape index (κ2) is 8.35. The van der Waals surface area contributed by atoms with Crippen molar-refractivity contribution >= 4 is 0 Å². The molecule has 0 aromatic heterocycles. The van der Waals surface area contributed by atoms with Gasteiger partial charge in [0, 0.05) is 19.6 Å². The van der Waals surface area contributed by atoms with Crippen molar-refractivity contribution in [2.45, 2.75) is 45.4 Å². The van der Waals surface area contributed by atoms with E-state index in [1.165, 1.54) is 18.6 Å². The van der Waals surface area contributed by atoms with Gasteiger partial charge >= 0.3 is 0 Å². The molecule has 4 heteroatoms. The first-order valence-electron chi connectivity index (χ1n) is 6.96. The Hall–Kier alpha value is -0.970. The molecule has 1 aromatic carbocycles. The van der Waals surface area contributed by atoms with Crippen LogP contribution in [0.4, 0.5) is 4.39 Å². The average Bonchev–Trinajstić information content (AvgIpc) is 2.41. The number of nitrogens with zero attached hydrogens (tertiary/aromatic N) is 1. The van der Waals surface area contributed by atoms with Crippen LogP contribution in [-0.2, 0) is 11.3 Å². The first-order chi connectivity index (χ1) is 9.17. The molecule has 0 amide bonds. The number of ether oxygens (including phenoxy) is 1. The summed E-state index contributed by atoms with van der Waals surface area (Å²) in [5, 5.41) is 0. The lowest BCUT2D eigenvalue weighted by Gasteiger charge is -2.32. The monoisotopic (exact) mass is 282 g/mol. The van der Waals surface area contributed by atoms with E-state index in [0.29, 0.717) is 6.54 Å². The lowest BCUT2D eigenvalue weighted by atomic mass is 10.0. The SMILES string of the molecule is C.CN(Cc1ccc(F)cc1)C[C@@H]1CCCC(CN)O1. The van der Waals surface area contributed by atoms with Crippen molar-refractivity contribution in [3.63, 3.8) is 0 Å². The standard InChI is InChI=1S/C15H23FN2O.CH4/c1-18(10-12-5-7-13(16)8-6-12)11-15-4-2-3-14(9-17)19-15;/h5-8,14-15H,2-4,9-11,17H2,1H3;1H4/t14?,15-;/m0./s1. The molecule has 1 fully saturated rings. The van der Waals surface area contributed by atoms with Crippen LogP contribution in [-0.4, -0.2) is 37.2 Å². The summed E-state index contributed by atoms with van der Waals surface area (Å²) in [5.41, 5.74) is 6.78. The number of rotatable bonds is 5. The van der Waals surface area contributed by atoms with Crippen LogP contribution in [0.3, 0.4) is 0 Å². The predicted molar refractivity (Wildman–Crippen MR) is 81.0 cm³/mol. The Kier molecular flexibility index (Phi) is 7.13. The lowest BCUT2D eigenvalue weighted by Crippen LogP contribution is -2.39. The molecular weight excluding hydrogens is 255 g/mol. The zero-order valence-corrected chi connectivity index (χ0v) is 11.5. The van der Waals surface area contributed by atoms with Crippen molar-refractivity contribution in [1.29, 1.82) is 0 Å². The van der Waals surface area contributed by atoms with Crippen LogP contribution < -0.4 is 5.73 Å². The van der Waals surface area contributed by atoms with Crippen LogP contribution in [0.25, 0.3) is 0 Å². The first kappa shape index (κ1) is 17.1. The molecule has 2 N–H and O–H groups in total. The van der Waals surface area contributed by atoms with Gasteiger partial charge in [0.05, 0.1) is 12.2 Å². The Morgan fingerprint density at radius 3 is 2.55 bits per heavy atom. The highest BCUT2D eigenvalue weighted by atomic mass is 19.1. The highest BCUT2D eigenvalue weighted by molar-refractivity contribution is 5.15. The van der Waals surface area contributed by atoms with Gasteiger partial charge in [-0.15, -0.1) is 0 Å². The Balaban J connectivity index is 0.00000200. The number of nitrogens with two attached hydrogens (primary N) is 1. The maximum atomic E-state index is 12.8. The van der Waals surface area contributed by atoms with Crippen molar-refractivity contribution in [2.75, 3.05) is 20.1 Å². The Morgan fingerprint density at radius 1 is 1.25 bits per heavy atom. The molecule has 0 radical (unpaired) electrons. The minimum atomic E-state index is -0.187. The van der Waals surface area contributed by atoms with E-state index >= 15 is 0 Å². The van der Waals surface area contributed by atoms with Gasteiger partial charge in [-0.05, 0) is 44.0 Å². The normalized spacial score (nSPS) is 22.6. The van der Waals surface area contributed by atoms with Gasteiger partial charge < -0.3 is 10.5 Å². The van der Waals surface area contributed by atoms with Crippen LogP contribution in [0.15, 0.2) is 24.3 Å². The number of likely N-dealkylation sites (N-methyl/N-ethyl adjacent to an activating group) is 1. The van der Waals surface area contributed by atoms with Gasteiger partial charge in [0.25, 0.3) is 0 Å². The third kappa shape index (κ3) is 5.19. The number of hydrogen-bond acceptors (Lipinski definition) is 3. The molecule has 0 aliphatic carbocycles. The molecular formula is C16H27FN2O. The zero-order valence-electron chi connectivity index (χ0n) is 11.5. The Labute approximate surface area is 121 Å². The first-order valence-corrected chi connectivity index (χ1v) is 6.96. The Bertz CT molecular complexity index is 383. The van der Waals surface area contributed by atoms with E-state index in [4.69, 9.17) is 10.5 Å². The summed E-state index contributed by atoms with van der Waals surface area (Å²) in [6.45, 7) is 2.32. The second-order valence-electron chi connectivity index (χ2n) is 5.37. The van der Waals surface area contributed by atoms with Gasteiger partial charge in [-0.1, -0.05) is 19.6 Å². The van der Waals surface area contributed by atoms with Crippen LogP contribution in [0, 0.1) is 5.82 Å². The van der Waals surface area contributed by atoms with Crippen molar-refractivity contribution in [3.05, 3.63) is 35.6 Å². The summed E-state index contributed by atoms with van der Waals surface area (Å²) in [6, 6.07) is 6.67. The molecule has 1 heterocycles. The van der Waals surface area contributed by atoms with E-state index in [1.807, 2.05) is 12.1 Å². The summed E-state index contributed by atoms with van der Waals surface area (Å²) in [4.78, 5) is 2.22. The largest absolute Gasteiger partial charge is 0.372 e. The van der Waals surface area contributed by atoms with E-state index in [0.717, 1.165) is 31.5 Å². The quantitative estimate of drug-likeness (QED) is 0.902. The molecule has 0 bridgehead atoms. The van der Waals surface area contributed by atoms with Crippen molar-refractivity contribution in [2.24, 2.45) is 5.73 Å². The highest BCUT2D eigenvalue weighted by Gasteiger charge is 2.22.